The van der Waals surface area contributed by atoms with Crippen molar-refractivity contribution in [1.82, 2.24) is 5.32 Å². The van der Waals surface area contributed by atoms with E-state index in [2.05, 4.69) is 17.4 Å². The zero-order chi connectivity index (χ0) is 20.5. The Bertz CT molecular complexity index is 904. The Labute approximate surface area is 177 Å². The predicted molar refractivity (Wildman–Crippen MR) is 115 cm³/mol. The lowest BCUT2D eigenvalue weighted by molar-refractivity contribution is -0.122. The highest BCUT2D eigenvalue weighted by molar-refractivity contribution is 5.99. The van der Waals surface area contributed by atoms with Crippen molar-refractivity contribution >= 4 is 11.6 Å². The quantitative estimate of drug-likeness (QED) is 0.760. The highest BCUT2D eigenvalue weighted by atomic mass is 16.5. The third kappa shape index (κ3) is 3.97. The Hall–Kier alpha value is -2.73. The molecule has 1 amide bonds. The molecule has 2 heterocycles. The maximum atomic E-state index is 13.0. The number of nitrogens with zero attached hydrogens (tertiary/aromatic N) is 1. The molecular weight excluding hydrogens is 380 g/mol. The van der Waals surface area contributed by atoms with Crippen LogP contribution in [0.2, 0.25) is 0 Å². The molecule has 0 radical (unpaired) electrons. The Morgan fingerprint density at radius 2 is 1.80 bits per heavy atom. The van der Waals surface area contributed by atoms with Crippen molar-refractivity contribution in [1.29, 1.82) is 0 Å². The molecule has 2 aliphatic heterocycles. The van der Waals surface area contributed by atoms with Crippen LogP contribution in [0.15, 0.2) is 42.5 Å². The summed E-state index contributed by atoms with van der Waals surface area (Å²) in [6, 6.07) is 13.9. The molecule has 30 heavy (non-hydrogen) atoms. The summed E-state index contributed by atoms with van der Waals surface area (Å²) in [7, 11) is 1.63. The minimum Gasteiger partial charge on any atom is -0.493 e. The van der Waals surface area contributed by atoms with Gasteiger partial charge in [0.2, 0.25) is 0 Å². The van der Waals surface area contributed by atoms with E-state index >= 15 is 0 Å². The summed E-state index contributed by atoms with van der Waals surface area (Å²) < 4.78 is 17.6. The molecule has 1 N–H and O–H groups in total. The van der Waals surface area contributed by atoms with Gasteiger partial charge in [0.25, 0.3) is 5.91 Å². The minimum absolute atomic E-state index is 0.0167. The number of carbonyl (C=O) groups is 1. The highest BCUT2D eigenvalue weighted by Gasteiger charge is 2.35. The topological polar surface area (TPSA) is 60.0 Å². The van der Waals surface area contributed by atoms with Crippen LogP contribution in [-0.4, -0.2) is 44.9 Å². The summed E-state index contributed by atoms with van der Waals surface area (Å²) >= 11 is 0. The average molecular weight is 408 g/mol. The van der Waals surface area contributed by atoms with E-state index in [-0.39, 0.29) is 12.0 Å². The second-order valence-corrected chi connectivity index (χ2v) is 8.30. The zero-order valence-electron chi connectivity index (χ0n) is 17.3. The van der Waals surface area contributed by atoms with Gasteiger partial charge in [-0.15, -0.1) is 0 Å². The number of rotatable bonds is 7. The monoisotopic (exact) mass is 408 g/mol. The van der Waals surface area contributed by atoms with Gasteiger partial charge in [0.1, 0.15) is 11.9 Å². The highest BCUT2D eigenvalue weighted by Crippen LogP contribution is 2.40. The van der Waals surface area contributed by atoms with Crippen molar-refractivity contribution in [3.8, 4) is 17.2 Å². The molecule has 2 aromatic rings. The van der Waals surface area contributed by atoms with Crippen LogP contribution < -0.4 is 24.4 Å². The maximum absolute atomic E-state index is 13.0. The first-order valence-electron chi connectivity index (χ1n) is 10.8. The van der Waals surface area contributed by atoms with Crippen LogP contribution in [0, 0.1) is 0 Å². The number of hydrogen-bond acceptors (Lipinski definition) is 5. The van der Waals surface area contributed by atoms with Crippen LogP contribution in [0.25, 0.3) is 0 Å². The van der Waals surface area contributed by atoms with Gasteiger partial charge in [0.15, 0.2) is 17.6 Å². The first-order chi connectivity index (χ1) is 14.7. The number of amides is 1. The van der Waals surface area contributed by atoms with Gasteiger partial charge in [-0.1, -0.05) is 12.1 Å². The number of anilines is 1. The van der Waals surface area contributed by atoms with Crippen LogP contribution in [0.5, 0.6) is 17.2 Å². The first kappa shape index (κ1) is 19.2. The molecule has 2 atom stereocenters. The number of methoxy groups -OCH3 is 1. The second-order valence-electron chi connectivity index (χ2n) is 8.30. The van der Waals surface area contributed by atoms with Gasteiger partial charge in [-0.3, -0.25) is 4.79 Å². The molecule has 5 rings (SSSR count). The molecule has 6 heteroatoms. The van der Waals surface area contributed by atoms with Gasteiger partial charge >= 0.3 is 0 Å². The van der Waals surface area contributed by atoms with Crippen molar-refractivity contribution in [2.45, 2.75) is 43.8 Å². The number of hydrogen-bond donors (Lipinski definition) is 1. The van der Waals surface area contributed by atoms with Crippen molar-refractivity contribution < 1.29 is 19.0 Å². The molecule has 2 aromatic carbocycles. The number of benzene rings is 2. The number of nitrogens with one attached hydrogen (secondary N) is 1. The average Bonchev–Trinajstić information content (AvgIpc) is 3.39. The van der Waals surface area contributed by atoms with Crippen molar-refractivity contribution in [3.05, 3.63) is 48.0 Å². The van der Waals surface area contributed by atoms with Gasteiger partial charge in [-0.05, 0) is 61.6 Å². The van der Waals surface area contributed by atoms with Crippen LogP contribution in [0.3, 0.4) is 0 Å². The molecule has 158 valence electrons. The van der Waals surface area contributed by atoms with Crippen molar-refractivity contribution in [2.75, 3.05) is 31.6 Å². The van der Waals surface area contributed by atoms with Crippen LogP contribution in [-0.2, 0) is 4.79 Å². The fourth-order valence-electron chi connectivity index (χ4n) is 4.25. The molecule has 6 nitrogen and oxygen atoms in total. The van der Waals surface area contributed by atoms with E-state index in [0.717, 1.165) is 36.9 Å². The summed E-state index contributed by atoms with van der Waals surface area (Å²) in [4.78, 5) is 14.7. The summed E-state index contributed by atoms with van der Waals surface area (Å²) in [5.41, 5.74) is 2.17. The molecule has 3 fully saturated rings. The van der Waals surface area contributed by atoms with Gasteiger partial charge in [0, 0.05) is 31.3 Å². The molecule has 0 spiro atoms. The van der Waals surface area contributed by atoms with E-state index in [1.54, 1.807) is 12.0 Å². The van der Waals surface area contributed by atoms with E-state index < -0.39 is 6.10 Å². The fourth-order valence-corrected chi connectivity index (χ4v) is 4.25. The third-order valence-corrected chi connectivity index (χ3v) is 6.13. The summed E-state index contributed by atoms with van der Waals surface area (Å²) in [5, 5.41) is 3.30. The number of ether oxygens (including phenoxy) is 3. The van der Waals surface area contributed by atoms with Crippen LogP contribution >= 0.6 is 0 Å². The van der Waals surface area contributed by atoms with Crippen LogP contribution in [0.1, 0.15) is 37.2 Å². The molecule has 1 unspecified atom stereocenters. The Morgan fingerprint density at radius 3 is 2.50 bits per heavy atom. The SMILES string of the molecule is COc1cc(N2CCC(Oc3ccc(C4CC4)cc3)C2=O)ccc1O[C@H]1CCNC1. The fraction of sp³-hybridized carbons (Fsp3) is 0.458. The zero-order valence-corrected chi connectivity index (χ0v) is 17.3. The molecule has 0 bridgehead atoms. The first-order valence-corrected chi connectivity index (χ1v) is 10.8. The van der Waals surface area contributed by atoms with E-state index in [9.17, 15) is 4.79 Å². The van der Waals surface area contributed by atoms with Crippen molar-refractivity contribution in [2.24, 2.45) is 0 Å². The molecule has 2 saturated heterocycles. The Kier molecular flexibility index (Phi) is 5.25. The lowest BCUT2D eigenvalue weighted by Gasteiger charge is -2.20. The van der Waals surface area contributed by atoms with E-state index in [0.29, 0.717) is 24.5 Å². The van der Waals surface area contributed by atoms with Gasteiger partial charge in [-0.25, -0.2) is 0 Å². The van der Waals surface area contributed by atoms with Crippen LogP contribution in [0.4, 0.5) is 5.69 Å². The molecular formula is C24H28N2O4. The Balaban J connectivity index is 1.25. The molecule has 3 aliphatic rings. The molecule has 0 aromatic heterocycles. The number of carbonyl (C=O) groups excluding carboxylic acids is 1. The molecule has 1 aliphatic carbocycles. The van der Waals surface area contributed by atoms with Gasteiger partial charge in [-0.2, -0.15) is 0 Å². The minimum atomic E-state index is -0.455. The summed E-state index contributed by atoms with van der Waals surface area (Å²) in [6.45, 7) is 2.44. The van der Waals surface area contributed by atoms with Gasteiger partial charge in [0.05, 0.1) is 7.11 Å². The summed E-state index contributed by atoms with van der Waals surface area (Å²) in [5.74, 6) is 2.81. The lowest BCUT2D eigenvalue weighted by Crippen LogP contribution is -2.32. The maximum Gasteiger partial charge on any atom is 0.268 e. The van der Waals surface area contributed by atoms with E-state index in [1.165, 1.54) is 18.4 Å². The van der Waals surface area contributed by atoms with E-state index in [1.807, 2.05) is 30.3 Å². The summed E-state index contributed by atoms with van der Waals surface area (Å²) in [6.07, 6.45) is 3.90. The lowest BCUT2D eigenvalue weighted by atomic mass is 10.1. The van der Waals surface area contributed by atoms with Crippen molar-refractivity contribution in [3.63, 3.8) is 0 Å². The van der Waals surface area contributed by atoms with Gasteiger partial charge < -0.3 is 24.4 Å². The second kappa shape index (κ2) is 8.19. The normalized spacial score (nSPS) is 23.6. The smallest absolute Gasteiger partial charge is 0.268 e. The molecule has 1 saturated carbocycles. The van der Waals surface area contributed by atoms with E-state index in [4.69, 9.17) is 14.2 Å². The third-order valence-electron chi connectivity index (χ3n) is 6.13. The largest absolute Gasteiger partial charge is 0.493 e. The predicted octanol–water partition coefficient (Wildman–Crippen LogP) is 3.50. The Morgan fingerprint density at radius 1 is 0.967 bits per heavy atom. The standard InChI is InChI=1S/C24H28N2O4/c1-28-23-14-18(6-9-21(23)30-20-10-12-25-15-20)26-13-11-22(24(26)27)29-19-7-4-17(5-8-19)16-2-3-16/h4-9,14,16,20,22,25H,2-3,10-13,15H2,1H3/t20-,22?/m0/s1.